The highest BCUT2D eigenvalue weighted by Gasteiger charge is 1.97. The predicted octanol–water partition coefficient (Wildman–Crippen LogP) is 3.10. The van der Waals surface area contributed by atoms with Crippen LogP contribution in [0.15, 0.2) is 29.3 Å². The third-order valence-electron chi connectivity index (χ3n) is 1.42. The zero-order valence-electron chi connectivity index (χ0n) is 6.30. The second-order valence-corrected chi connectivity index (χ2v) is 3.01. The molecule has 1 aromatic carbocycles. The molecule has 2 heteroatoms. The molecule has 0 unspecified atom stereocenters. The van der Waals surface area contributed by atoms with Crippen molar-refractivity contribution in [2.75, 3.05) is 7.11 Å². The van der Waals surface area contributed by atoms with Crippen molar-refractivity contribution >= 4 is 22.0 Å². The summed E-state index contributed by atoms with van der Waals surface area (Å²) in [5.41, 5.74) is 1.01. The van der Waals surface area contributed by atoms with E-state index in [0.29, 0.717) is 0 Å². The van der Waals surface area contributed by atoms with Gasteiger partial charge in [0.2, 0.25) is 0 Å². The second-order valence-electron chi connectivity index (χ2n) is 2.09. The molecule has 1 rings (SSSR count). The van der Waals surface area contributed by atoms with E-state index in [0.717, 1.165) is 15.8 Å². The van der Waals surface area contributed by atoms with Gasteiger partial charge in [-0.25, -0.2) is 0 Å². The molecule has 0 spiro atoms. The smallest absolute Gasteiger partial charge is 0.127 e. The van der Waals surface area contributed by atoms with Crippen LogP contribution in [0.5, 0.6) is 5.75 Å². The lowest BCUT2D eigenvalue weighted by Gasteiger charge is -2.03. The van der Waals surface area contributed by atoms with Gasteiger partial charge in [-0.3, -0.25) is 0 Å². The van der Waals surface area contributed by atoms with Gasteiger partial charge in [-0.15, -0.1) is 0 Å². The van der Waals surface area contributed by atoms with Crippen molar-refractivity contribution in [3.63, 3.8) is 0 Å². The topological polar surface area (TPSA) is 9.23 Å². The zero-order chi connectivity index (χ0) is 8.27. The molecular weight excluding hydrogens is 204 g/mol. The van der Waals surface area contributed by atoms with Crippen molar-refractivity contribution in [1.29, 1.82) is 0 Å². The summed E-state index contributed by atoms with van der Waals surface area (Å²) in [4.78, 5) is 0. The second kappa shape index (κ2) is 3.58. The monoisotopic (exact) mass is 212 g/mol. The van der Waals surface area contributed by atoms with Gasteiger partial charge >= 0.3 is 0 Å². The molecule has 1 aromatic rings. The van der Waals surface area contributed by atoms with Crippen LogP contribution >= 0.6 is 15.9 Å². The number of benzene rings is 1. The van der Waals surface area contributed by atoms with Gasteiger partial charge in [-0.05, 0) is 12.1 Å². The predicted molar refractivity (Wildman–Crippen MR) is 50.8 cm³/mol. The molecule has 0 atom stereocenters. The van der Waals surface area contributed by atoms with Crippen molar-refractivity contribution in [3.8, 4) is 5.75 Å². The molecule has 0 aliphatic carbocycles. The first-order chi connectivity index (χ1) is 5.27. The SMILES string of the molecule is C=Cc1ccc(Br)cc1OC. The minimum atomic E-state index is 0.842. The van der Waals surface area contributed by atoms with E-state index in [-0.39, 0.29) is 0 Å². The van der Waals surface area contributed by atoms with E-state index in [1.165, 1.54) is 0 Å². The number of ether oxygens (including phenoxy) is 1. The summed E-state index contributed by atoms with van der Waals surface area (Å²) in [6.45, 7) is 3.67. The first-order valence-electron chi connectivity index (χ1n) is 3.24. The summed E-state index contributed by atoms with van der Waals surface area (Å²) in [5.74, 6) is 0.842. The van der Waals surface area contributed by atoms with E-state index in [1.807, 2.05) is 18.2 Å². The van der Waals surface area contributed by atoms with E-state index in [4.69, 9.17) is 4.74 Å². The Bertz CT molecular complexity index is 268. The summed E-state index contributed by atoms with van der Waals surface area (Å²) in [5, 5.41) is 0. The first-order valence-corrected chi connectivity index (χ1v) is 4.03. The first kappa shape index (κ1) is 8.34. The molecule has 0 aliphatic rings. The Balaban J connectivity index is 3.16. The molecule has 0 fully saturated rings. The molecule has 0 saturated carbocycles. The molecule has 0 heterocycles. The molecule has 0 aromatic heterocycles. The number of rotatable bonds is 2. The average molecular weight is 213 g/mol. The quantitative estimate of drug-likeness (QED) is 0.733. The van der Waals surface area contributed by atoms with Crippen LogP contribution < -0.4 is 4.74 Å². The molecule has 11 heavy (non-hydrogen) atoms. The highest BCUT2D eigenvalue weighted by Crippen LogP contribution is 2.23. The normalized spacial score (nSPS) is 9.27. The molecule has 0 N–H and O–H groups in total. The van der Waals surface area contributed by atoms with Crippen LogP contribution in [-0.2, 0) is 0 Å². The van der Waals surface area contributed by atoms with Gasteiger partial charge in [-0.1, -0.05) is 34.7 Å². The lowest BCUT2D eigenvalue weighted by Crippen LogP contribution is -1.85. The minimum absolute atomic E-state index is 0.842. The van der Waals surface area contributed by atoms with Gasteiger partial charge in [0.1, 0.15) is 5.75 Å². The Morgan fingerprint density at radius 2 is 2.27 bits per heavy atom. The lowest BCUT2D eigenvalue weighted by atomic mass is 10.2. The number of hydrogen-bond donors (Lipinski definition) is 0. The Hall–Kier alpha value is -0.760. The van der Waals surface area contributed by atoms with Crippen molar-refractivity contribution < 1.29 is 4.74 Å². The highest BCUT2D eigenvalue weighted by molar-refractivity contribution is 9.10. The molecule has 0 saturated heterocycles. The average Bonchev–Trinajstić information content (AvgIpc) is 2.04. The highest BCUT2D eigenvalue weighted by atomic mass is 79.9. The fraction of sp³-hybridized carbons (Fsp3) is 0.111. The Morgan fingerprint density at radius 3 is 2.82 bits per heavy atom. The number of halogens is 1. The molecule has 1 nitrogen and oxygen atoms in total. The third-order valence-corrected chi connectivity index (χ3v) is 1.91. The van der Waals surface area contributed by atoms with Crippen LogP contribution in [-0.4, -0.2) is 7.11 Å². The summed E-state index contributed by atoms with van der Waals surface area (Å²) >= 11 is 3.35. The van der Waals surface area contributed by atoms with Crippen LogP contribution in [0.1, 0.15) is 5.56 Å². The van der Waals surface area contributed by atoms with Gasteiger partial charge < -0.3 is 4.74 Å². The molecule has 58 valence electrons. The van der Waals surface area contributed by atoms with Crippen LogP contribution in [0.3, 0.4) is 0 Å². The Labute approximate surface area is 74.8 Å². The summed E-state index contributed by atoms with van der Waals surface area (Å²) in [6, 6.07) is 5.83. The third kappa shape index (κ3) is 1.84. The summed E-state index contributed by atoms with van der Waals surface area (Å²) < 4.78 is 6.13. The van der Waals surface area contributed by atoms with E-state index in [9.17, 15) is 0 Å². The van der Waals surface area contributed by atoms with Gasteiger partial charge in [0.05, 0.1) is 7.11 Å². The van der Waals surface area contributed by atoms with Crippen molar-refractivity contribution in [2.24, 2.45) is 0 Å². The minimum Gasteiger partial charge on any atom is -0.496 e. The van der Waals surface area contributed by atoms with Crippen LogP contribution in [0.2, 0.25) is 0 Å². The van der Waals surface area contributed by atoms with Gasteiger partial charge in [-0.2, -0.15) is 0 Å². The summed E-state index contributed by atoms with van der Waals surface area (Å²) in [6.07, 6.45) is 1.77. The van der Waals surface area contributed by atoms with Crippen LogP contribution in [0, 0.1) is 0 Å². The van der Waals surface area contributed by atoms with Gasteiger partial charge in [0, 0.05) is 10.0 Å². The van der Waals surface area contributed by atoms with E-state index in [1.54, 1.807) is 13.2 Å². The maximum absolute atomic E-state index is 5.12. The van der Waals surface area contributed by atoms with Crippen molar-refractivity contribution in [2.45, 2.75) is 0 Å². The number of methoxy groups -OCH3 is 1. The van der Waals surface area contributed by atoms with Crippen LogP contribution in [0.4, 0.5) is 0 Å². The van der Waals surface area contributed by atoms with E-state index in [2.05, 4.69) is 22.5 Å². The van der Waals surface area contributed by atoms with E-state index >= 15 is 0 Å². The zero-order valence-corrected chi connectivity index (χ0v) is 7.89. The Morgan fingerprint density at radius 1 is 1.55 bits per heavy atom. The molecule has 0 radical (unpaired) electrons. The summed E-state index contributed by atoms with van der Waals surface area (Å²) in [7, 11) is 1.65. The van der Waals surface area contributed by atoms with Crippen molar-refractivity contribution in [3.05, 3.63) is 34.8 Å². The maximum Gasteiger partial charge on any atom is 0.127 e. The molecule has 0 bridgehead atoms. The molecular formula is C9H9BrO. The van der Waals surface area contributed by atoms with Crippen molar-refractivity contribution in [1.82, 2.24) is 0 Å². The largest absolute Gasteiger partial charge is 0.496 e. The fourth-order valence-electron chi connectivity index (χ4n) is 0.854. The molecule has 0 aliphatic heterocycles. The van der Waals surface area contributed by atoms with Gasteiger partial charge in [0.25, 0.3) is 0 Å². The maximum atomic E-state index is 5.12. The molecule has 0 amide bonds. The van der Waals surface area contributed by atoms with Crippen LogP contribution in [0.25, 0.3) is 6.08 Å². The van der Waals surface area contributed by atoms with E-state index < -0.39 is 0 Å². The number of hydrogen-bond acceptors (Lipinski definition) is 1. The fourth-order valence-corrected chi connectivity index (χ4v) is 1.19. The standard InChI is InChI=1S/C9H9BrO/c1-3-7-4-5-8(10)6-9(7)11-2/h3-6H,1H2,2H3. The lowest BCUT2D eigenvalue weighted by molar-refractivity contribution is 0.413. The Kier molecular flexibility index (Phi) is 2.71. The van der Waals surface area contributed by atoms with Gasteiger partial charge in [0.15, 0.2) is 0 Å².